The standard InChI is InChI=1S/C16H17ClN2O3S2/c17-15-10-12(19-7-1-2-9-24(19,21)22)5-6-14(15)16(20)18-11-13-4-3-8-23-13/h3-6,8,10H,1-2,7,9,11H2,(H,18,20). The highest BCUT2D eigenvalue weighted by Gasteiger charge is 2.26. The van der Waals surface area contributed by atoms with Gasteiger partial charge in [-0.3, -0.25) is 9.10 Å². The molecule has 1 fully saturated rings. The van der Waals surface area contributed by atoms with Crippen molar-refractivity contribution >= 4 is 44.6 Å². The molecule has 0 atom stereocenters. The summed E-state index contributed by atoms with van der Waals surface area (Å²) in [6.07, 6.45) is 1.50. The molecule has 128 valence electrons. The number of nitrogens with zero attached hydrogens (tertiary/aromatic N) is 1. The third-order valence-electron chi connectivity index (χ3n) is 3.84. The zero-order valence-electron chi connectivity index (χ0n) is 12.9. The number of hydrogen-bond donors (Lipinski definition) is 1. The van der Waals surface area contributed by atoms with Crippen molar-refractivity contribution in [1.82, 2.24) is 5.32 Å². The third kappa shape index (κ3) is 3.74. The number of carbonyl (C=O) groups excluding carboxylic acids is 1. The van der Waals surface area contributed by atoms with Crippen LogP contribution in [-0.4, -0.2) is 26.6 Å². The van der Waals surface area contributed by atoms with Crippen LogP contribution in [0, 0.1) is 0 Å². The van der Waals surface area contributed by atoms with Crippen LogP contribution in [0.4, 0.5) is 5.69 Å². The monoisotopic (exact) mass is 384 g/mol. The topological polar surface area (TPSA) is 66.5 Å². The van der Waals surface area contributed by atoms with Crippen molar-refractivity contribution in [2.75, 3.05) is 16.6 Å². The van der Waals surface area contributed by atoms with Gasteiger partial charge in [0.15, 0.2) is 0 Å². The van der Waals surface area contributed by atoms with Gasteiger partial charge in [0.2, 0.25) is 10.0 Å². The first kappa shape index (κ1) is 17.3. The molecule has 0 bridgehead atoms. The van der Waals surface area contributed by atoms with Crippen LogP contribution in [0.25, 0.3) is 0 Å². The fraction of sp³-hybridized carbons (Fsp3) is 0.312. The van der Waals surface area contributed by atoms with Crippen molar-refractivity contribution in [1.29, 1.82) is 0 Å². The van der Waals surface area contributed by atoms with E-state index in [1.165, 1.54) is 4.31 Å². The van der Waals surface area contributed by atoms with E-state index < -0.39 is 10.0 Å². The molecule has 3 rings (SSSR count). The molecule has 1 amide bonds. The Balaban J connectivity index is 1.75. The molecule has 24 heavy (non-hydrogen) atoms. The van der Waals surface area contributed by atoms with Gasteiger partial charge in [0, 0.05) is 11.4 Å². The molecule has 1 aromatic carbocycles. The van der Waals surface area contributed by atoms with Gasteiger partial charge in [0.25, 0.3) is 5.91 Å². The zero-order valence-corrected chi connectivity index (χ0v) is 15.3. The predicted molar refractivity (Wildman–Crippen MR) is 97.3 cm³/mol. The molecule has 0 unspecified atom stereocenters. The Morgan fingerprint density at radius 1 is 1.29 bits per heavy atom. The first-order valence-corrected chi connectivity index (χ1v) is 10.4. The molecular weight excluding hydrogens is 368 g/mol. The number of carbonyl (C=O) groups is 1. The number of rotatable bonds is 4. The minimum Gasteiger partial charge on any atom is -0.347 e. The predicted octanol–water partition coefficient (Wildman–Crippen LogP) is 3.26. The van der Waals surface area contributed by atoms with Crippen molar-refractivity contribution < 1.29 is 13.2 Å². The first-order valence-electron chi connectivity index (χ1n) is 7.58. The summed E-state index contributed by atoms with van der Waals surface area (Å²) in [7, 11) is -3.29. The number of anilines is 1. The van der Waals surface area contributed by atoms with E-state index in [0.717, 1.165) is 11.3 Å². The number of thiophene rings is 1. The van der Waals surface area contributed by atoms with Crippen molar-refractivity contribution in [3.05, 3.63) is 51.2 Å². The van der Waals surface area contributed by atoms with Gasteiger partial charge in [-0.2, -0.15) is 0 Å². The maximum absolute atomic E-state index is 12.3. The van der Waals surface area contributed by atoms with Crippen LogP contribution in [0.15, 0.2) is 35.7 Å². The van der Waals surface area contributed by atoms with Gasteiger partial charge < -0.3 is 5.32 Å². The molecule has 0 radical (unpaired) electrons. The van der Waals surface area contributed by atoms with E-state index in [1.54, 1.807) is 29.5 Å². The SMILES string of the molecule is O=C(NCc1cccs1)c1ccc(N2CCCCS2(=O)=O)cc1Cl. The van der Waals surface area contributed by atoms with Crippen LogP contribution in [-0.2, 0) is 16.6 Å². The number of sulfonamides is 1. The summed E-state index contributed by atoms with van der Waals surface area (Å²) in [5.74, 6) is -0.130. The Hall–Kier alpha value is -1.57. The average molecular weight is 385 g/mol. The lowest BCUT2D eigenvalue weighted by Gasteiger charge is -2.28. The number of benzene rings is 1. The molecule has 1 aliphatic rings. The fourth-order valence-electron chi connectivity index (χ4n) is 2.60. The van der Waals surface area contributed by atoms with Crippen LogP contribution < -0.4 is 9.62 Å². The van der Waals surface area contributed by atoms with E-state index in [2.05, 4.69) is 5.32 Å². The number of halogens is 1. The molecule has 1 aromatic heterocycles. The minimum absolute atomic E-state index is 0.146. The maximum atomic E-state index is 12.3. The fourth-order valence-corrected chi connectivity index (χ4v) is 5.13. The summed E-state index contributed by atoms with van der Waals surface area (Å²) >= 11 is 7.78. The van der Waals surface area contributed by atoms with Gasteiger partial charge in [-0.15, -0.1) is 11.3 Å². The highest BCUT2D eigenvalue weighted by atomic mass is 35.5. The van der Waals surface area contributed by atoms with Gasteiger partial charge in [0.1, 0.15) is 0 Å². The normalized spacial score (nSPS) is 16.8. The van der Waals surface area contributed by atoms with Crippen LogP contribution >= 0.6 is 22.9 Å². The minimum atomic E-state index is -3.29. The van der Waals surface area contributed by atoms with Crippen molar-refractivity contribution in [3.8, 4) is 0 Å². The second-order valence-electron chi connectivity index (χ2n) is 5.52. The molecule has 1 N–H and O–H groups in total. The molecule has 2 heterocycles. The Kier molecular flexibility index (Phi) is 5.12. The highest BCUT2D eigenvalue weighted by molar-refractivity contribution is 7.92. The lowest BCUT2D eigenvalue weighted by Crippen LogP contribution is -2.37. The second kappa shape index (κ2) is 7.13. The quantitative estimate of drug-likeness (QED) is 0.879. The third-order valence-corrected chi connectivity index (χ3v) is 6.90. The summed E-state index contributed by atoms with van der Waals surface area (Å²) in [6, 6.07) is 8.62. The number of hydrogen-bond acceptors (Lipinski definition) is 4. The van der Waals surface area contributed by atoms with Gasteiger partial charge in [-0.05, 0) is 42.5 Å². The van der Waals surface area contributed by atoms with Crippen molar-refractivity contribution in [2.45, 2.75) is 19.4 Å². The second-order valence-corrected chi connectivity index (χ2v) is 8.97. The molecule has 1 saturated heterocycles. The van der Waals surface area contributed by atoms with E-state index in [4.69, 9.17) is 11.6 Å². The molecule has 0 saturated carbocycles. The highest BCUT2D eigenvalue weighted by Crippen LogP contribution is 2.28. The van der Waals surface area contributed by atoms with E-state index in [0.29, 0.717) is 30.8 Å². The molecule has 0 spiro atoms. The van der Waals surface area contributed by atoms with Gasteiger partial charge >= 0.3 is 0 Å². The summed E-state index contributed by atoms with van der Waals surface area (Å²) in [4.78, 5) is 13.3. The number of nitrogens with one attached hydrogen (secondary N) is 1. The smallest absolute Gasteiger partial charge is 0.253 e. The van der Waals surface area contributed by atoms with Crippen molar-refractivity contribution in [3.63, 3.8) is 0 Å². The summed E-state index contributed by atoms with van der Waals surface area (Å²) in [5.41, 5.74) is 0.848. The zero-order chi connectivity index (χ0) is 17.2. The molecule has 5 nitrogen and oxygen atoms in total. The molecule has 2 aromatic rings. The molecular formula is C16H17ClN2O3S2. The molecule has 8 heteroatoms. The van der Waals surface area contributed by atoms with Crippen LogP contribution in [0.2, 0.25) is 5.02 Å². The Morgan fingerprint density at radius 2 is 2.12 bits per heavy atom. The van der Waals surface area contributed by atoms with E-state index in [9.17, 15) is 13.2 Å². The largest absolute Gasteiger partial charge is 0.347 e. The Bertz CT molecular complexity index is 835. The van der Waals surface area contributed by atoms with Crippen molar-refractivity contribution in [2.24, 2.45) is 0 Å². The first-order chi connectivity index (χ1) is 11.5. The summed E-state index contributed by atoms with van der Waals surface area (Å²) in [5, 5.41) is 5.01. The molecule has 1 aliphatic heterocycles. The van der Waals surface area contributed by atoms with E-state index in [-0.39, 0.29) is 16.7 Å². The van der Waals surface area contributed by atoms with Crippen LogP contribution in [0.3, 0.4) is 0 Å². The Morgan fingerprint density at radius 3 is 2.79 bits per heavy atom. The van der Waals surface area contributed by atoms with Gasteiger partial charge in [0.05, 0.1) is 28.6 Å². The lowest BCUT2D eigenvalue weighted by molar-refractivity contribution is 0.0951. The van der Waals surface area contributed by atoms with E-state index in [1.807, 2.05) is 17.5 Å². The maximum Gasteiger partial charge on any atom is 0.253 e. The Labute approximate surface area is 150 Å². The van der Waals surface area contributed by atoms with Crippen LogP contribution in [0.1, 0.15) is 28.1 Å². The number of amides is 1. The average Bonchev–Trinajstić information content (AvgIpc) is 3.05. The summed E-state index contributed by atoms with van der Waals surface area (Å²) < 4.78 is 25.7. The lowest BCUT2D eigenvalue weighted by atomic mass is 10.2. The summed E-state index contributed by atoms with van der Waals surface area (Å²) in [6.45, 7) is 0.887. The van der Waals surface area contributed by atoms with Gasteiger partial charge in [-0.1, -0.05) is 17.7 Å². The van der Waals surface area contributed by atoms with Crippen LogP contribution in [0.5, 0.6) is 0 Å². The molecule has 0 aliphatic carbocycles. The van der Waals surface area contributed by atoms with E-state index >= 15 is 0 Å². The van der Waals surface area contributed by atoms with Gasteiger partial charge in [-0.25, -0.2) is 8.42 Å².